The van der Waals surface area contributed by atoms with Crippen molar-refractivity contribution in [2.24, 2.45) is 5.14 Å². The smallest absolute Gasteiger partial charge is 0.217 e. The number of aromatic nitrogens is 1. The molecule has 0 saturated carbocycles. The molecule has 2 N–H and O–H groups in total. The molecule has 1 heterocycles. The summed E-state index contributed by atoms with van der Waals surface area (Å²) in [5, 5.41) is 4.73. The number of benzene rings is 2. The van der Waals surface area contributed by atoms with Crippen LogP contribution >= 0.6 is 23.1 Å². The Hall–Kier alpha value is -1.41. The summed E-state index contributed by atoms with van der Waals surface area (Å²) in [5.41, 5.74) is 2.61. The lowest BCUT2D eigenvalue weighted by Gasteiger charge is -2.16. The molecular formula is C16H16N2O2S3. The Labute approximate surface area is 143 Å². The third-order valence-electron chi connectivity index (χ3n) is 3.56. The largest absolute Gasteiger partial charge is 0.230 e. The van der Waals surface area contributed by atoms with Crippen molar-refractivity contribution >= 4 is 43.3 Å². The molecule has 3 rings (SSSR count). The lowest BCUT2D eigenvalue weighted by molar-refractivity contribution is 0.588. The number of primary sulfonamides is 1. The van der Waals surface area contributed by atoms with Crippen LogP contribution in [-0.4, -0.2) is 19.2 Å². The summed E-state index contributed by atoms with van der Waals surface area (Å²) in [5.74, 6) is 0.351. The van der Waals surface area contributed by atoms with Crippen LogP contribution < -0.4 is 5.14 Å². The Morgan fingerprint density at radius 3 is 2.57 bits per heavy atom. The van der Waals surface area contributed by atoms with Crippen LogP contribution in [0.4, 0.5) is 0 Å². The van der Waals surface area contributed by atoms with Crippen molar-refractivity contribution in [3.05, 3.63) is 59.7 Å². The minimum absolute atomic E-state index is 0.351. The number of para-hydroxylation sites is 1. The van der Waals surface area contributed by atoms with Gasteiger partial charge in [-0.3, -0.25) is 0 Å². The van der Waals surface area contributed by atoms with Crippen molar-refractivity contribution in [2.45, 2.75) is 16.5 Å². The second-order valence-corrected chi connectivity index (χ2v) is 9.24. The molecule has 23 heavy (non-hydrogen) atoms. The predicted octanol–water partition coefficient (Wildman–Crippen LogP) is 3.73. The fraction of sp³-hybridized carbons (Fsp3) is 0.188. The second-order valence-electron chi connectivity index (χ2n) is 5.19. The monoisotopic (exact) mass is 364 g/mol. The zero-order chi connectivity index (χ0) is 16.4. The molecule has 1 unspecified atom stereocenters. The van der Waals surface area contributed by atoms with E-state index >= 15 is 0 Å². The summed E-state index contributed by atoms with van der Waals surface area (Å²) < 4.78 is 26.0. The molecule has 0 amide bonds. The van der Waals surface area contributed by atoms with Gasteiger partial charge in [0.25, 0.3) is 0 Å². The maximum Gasteiger partial charge on any atom is 0.217 e. The van der Waals surface area contributed by atoms with Gasteiger partial charge < -0.3 is 0 Å². The highest BCUT2D eigenvalue weighted by molar-refractivity contribution is 8.02. The highest BCUT2D eigenvalue weighted by Gasteiger charge is 2.25. The van der Waals surface area contributed by atoms with Gasteiger partial charge in [0.1, 0.15) is 5.25 Å². The molecule has 1 atom stereocenters. The van der Waals surface area contributed by atoms with Crippen molar-refractivity contribution < 1.29 is 8.42 Å². The van der Waals surface area contributed by atoms with Gasteiger partial charge in [0.05, 0.1) is 10.2 Å². The number of hydrogen-bond acceptors (Lipinski definition) is 5. The standard InChI is InChI=1S/C16H16N2O2S3/c1-11-6-2-3-7-12(11)15(23(17,19)20)10-21-16-18-13-8-4-5-9-14(13)22-16/h2-9,15H,10H2,1H3,(H2,17,19,20). The van der Waals surface area contributed by atoms with E-state index in [1.165, 1.54) is 11.8 Å². The number of thiazole rings is 1. The zero-order valence-corrected chi connectivity index (χ0v) is 14.9. The van der Waals surface area contributed by atoms with Crippen molar-refractivity contribution in [1.29, 1.82) is 0 Å². The first-order valence-corrected chi connectivity index (χ1v) is 10.4. The summed E-state index contributed by atoms with van der Waals surface area (Å²) in [7, 11) is -3.68. The molecule has 2 aromatic carbocycles. The average molecular weight is 365 g/mol. The van der Waals surface area contributed by atoms with E-state index in [-0.39, 0.29) is 0 Å². The van der Waals surface area contributed by atoms with Crippen molar-refractivity contribution in [1.82, 2.24) is 4.98 Å². The molecule has 7 heteroatoms. The predicted molar refractivity (Wildman–Crippen MR) is 97.4 cm³/mol. The van der Waals surface area contributed by atoms with E-state index in [1.807, 2.05) is 55.5 Å². The van der Waals surface area contributed by atoms with Crippen molar-refractivity contribution in [3.63, 3.8) is 0 Å². The lowest BCUT2D eigenvalue weighted by atomic mass is 10.1. The van der Waals surface area contributed by atoms with Gasteiger partial charge in [0.2, 0.25) is 10.0 Å². The first-order valence-electron chi connectivity index (χ1n) is 7.00. The van der Waals surface area contributed by atoms with Crippen LogP contribution in [0.5, 0.6) is 0 Å². The molecule has 0 spiro atoms. The van der Waals surface area contributed by atoms with E-state index in [1.54, 1.807) is 11.3 Å². The minimum atomic E-state index is -3.68. The van der Waals surface area contributed by atoms with E-state index in [9.17, 15) is 8.42 Å². The maximum atomic E-state index is 12.0. The van der Waals surface area contributed by atoms with Crippen LogP contribution in [-0.2, 0) is 10.0 Å². The summed E-state index contributed by atoms with van der Waals surface area (Å²) in [6.07, 6.45) is 0. The highest BCUT2D eigenvalue weighted by atomic mass is 32.2. The topological polar surface area (TPSA) is 73.0 Å². The molecule has 4 nitrogen and oxygen atoms in total. The SMILES string of the molecule is Cc1ccccc1C(CSc1nc2ccccc2s1)S(N)(=O)=O. The molecule has 0 fully saturated rings. The molecule has 120 valence electrons. The van der Waals surface area contributed by atoms with E-state index in [2.05, 4.69) is 4.98 Å². The number of thioether (sulfide) groups is 1. The second kappa shape index (κ2) is 6.60. The van der Waals surface area contributed by atoms with Gasteiger partial charge in [-0.25, -0.2) is 18.5 Å². The molecule has 0 bridgehead atoms. The fourth-order valence-electron chi connectivity index (χ4n) is 2.37. The third kappa shape index (κ3) is 3.74. The van der Waals surface area contributed by atoms with E-state index < -0.39 is 15.3 Å². The minimum Gasteiger partial charge on any atom is -0.230 e. The molecule has 0 aliphatic carbocycles. The van der Waals surface area contributed by atoms with Crippen LogP contribution in [0.15, 0.2) is 52.9 Å². The van der Waals surface area contributed by atoms with Crippen LogP contribution in [0.25, 0.3) is 10.2 Å². The zero-order valence-electron chi connectivity index (χ0n) is 12.5. The van der Waals surface area contributed by atoms with E-state index in [0.717, 1.165) is 25.7 Å². The fourth-order valence-corrected chi connectivity index (χ4v) is 5.99. The Bertz CT molecular complexity index is 902. The number of rotatable bonds is 5. The van der Waals surface area contributed by atoms with Crippen LogP contribution in [0.1, 0.15) is 16.4 Å². The van der Waals surface area contributed by atoms with E-state index in [0.29, 0.717) is 5.75 Å². The van der Waals surface area contributed by atoms with Gasteiger partial charge >= 0.3 is 0 Å². The first-order chi connectivity index (χ1) is 10.9. The van der Waals surface area contributed by atoms with Crippen LogP contribution in [0, 0.1) is 6.92 Å². The summed E-state index contributed by atoms with van der Waals surface area (Å²) >= 11 is 3.00. The summed E-state index contributed by atoms with van der Waals surface area (Å²) in [6.45, 7) is 1.90. The lowest BCUT2D eigenvalue weighted by Crippen LogP contribution is -2.24. The molecule has 0 aliphatic rings. The van der Waals surface area contributed by atoms with Crippen molar-refractivity contribution in [3.8, 4) is 0 Å². The number of nitrogens with two attached hydrogens (primary N) is 1. The van der Waals surface area contributed by atoms with Gasteiger partial charge in [-0.1, -0.05) is 48.2 Å². The Balaban J connectivity index is 1.86. The van der Waals surface area contributed by atoms with Crippen LogP contribution in [0.2, 0.25) is 0 Å². The Kier molecular flexibility index (Phi) is 4.72. The summed E-state index contributed by atoms with van der Waals surface area (Å²) in [6, 6.07) is 15.3. The summed E-state index contributed by atoms with van der Waals surface area (Å²) in [4.78, 5) is 4.53. The molecule has 0 saturated heterocycles. The molecule has 3 aromatic rings. The molecular weight excluding hydrogens is 348 g/mol. The average Bonchev–Trinajstić information content (AvgIpc) is 2.90. The number of sulfonamides is 1. The number of fused-ring (bicyclic) bond motifs is 1. The van der Waals surface area contributed by atoms with Crippen molar-refractivity contribution in [2.75, 3.05) is 5.75 Å². The number of nitrogens with zero attached hydrogens (tertiary/aromatic N) is 1. The molecule has 0 aliphatic heterocycles. The number of hydrogen-bond donors (Lipinski definition) is 1. The quantitative estimate of drug-likeness (QED) is 0.700. The van der Waals surface area contributed by atoms with E-state index in [4.69, 9.17) is 5.14 Å². The Morgan fingerprint density at radius 1 is 1.17 bits per heavy atom. The Morgan fingerprint density at radius 2 is 1.87 bits per heavy atom. The van der Waals surface area contributed by atoms with Gasteiger partial charge in [-0.2, -0.15) is 0 Å². The van der Waals surface area contributed by atoms with Gasteiger partial charge in [0.15, 0.2) is 4.34 Å². The number of aryl methyl sites for hydroxylation is 1. The first kappa shape index (κ1) is 16.4. The van der Waals surface area contributed by atoms with Gasteiger partial charge in [0, 0.05) is 5.75 Å². The van der Waals surface area contributed by atoms with Crippen LogP contribution in [0.3, 0.4) is 0 Å². The molecule has 0 radical (unpaired) electrons. The highest BCUT2D eigenvalue weighted by Crippen LogP contribution is 2.34. The normalized spacial score (nSPS) is 13.3. The molecule has 1 aromatic heterocycles. The third-order valence-corrected chi connectivity index (χ3v) is 7.26. The van der Waals surface area contributed by atoms with Gasteiger partial charge in [-0.15, -0.1) is 11.3 Å². The maximum absolute atomic E-state index is 12.0. The van der Waals surface area contributed by atoms with Gasteiger partial charge in [-0.05, 0) is 30.2 Å².